The molecule has 2 N–H and O–H groups in total. The Morgan fingerprint density at radius 2 is 2.38 bits per heavy atom. The highest BCUT2D eigenvalue weighted by atomic mass is 15.3. The van der Waals surface area contributed by atoms with Crippen molar-refractivity contribution in [2.24, 2.45) is 18.7 Å². The van der Waals surface area contributed by atoms with Gasteiger partial charge in [0.05, 0.1) is 5.69 Å². The van der Waals surface area contributed by atoms with Crippen LogP contribution in [0.3, 0.4) is 0 Å². The van der Waals surface area contributed by atoms with E-state index in [4.69, 9.17) is 5.73 Å². The maximum Gasteiger partial charge on any atom is 0.0666 e. The number of hydrogen-bond donors (Lipinski definition) is 1. The Hall–Kier alpha value is -0.870. The van der Waals surface area contributed by atoms with Gasteiger partial charge in [0.1, 0.15) is 0 Å². The molecule has 1 aromatic heterocycles. The van der Waals surface area contributed by atoms with Crippen molar-refractivity contribution in [3.8, 4) is 0 Å². The molecule has 0 amide bonds. The SMILES string of the molecule is CCc1nn(C)cc1CN1CCC(CN)C1. The van der Waals surface area contributed by atoms with Crippen molar-refractivity contribution in [1.29, 1.82) is 0 Å². The van der Waals surface area contributed by atoms with Crippen molar-refractivity contribution in [2.75, 3.05) is 19.6 Å². The molecular formula is C12H22N4. The summed E-state index contributed by atoms with van der Waals surface area (Å²) in [6.45, 7) is 6.35. The Labute approximate surface area is 97.4 Å². The summed E-state index contributed by atoms with van der Waals surface area (Å²) in [7, 11) is 2.00. The van der Waals surface area contributed by atoms with Crippen LogP contribution in [0.1, 0.15) is 24.6 Å². The van der Waals surface area contributed by atoms with E-state index in [-0.39, 0.29) is 0 Å². The van der Waals surface area contributed by atoms with E-state index >= 15 is 0 Å². The number of rotatable bonds is 4. The fourth-order valence-corrected chi connectivity index (χ4v) is 2.50. The molecule has 4 heteroatoms. The summed E-state index contributed by atoms with van der Waals surface area (Å²) in [6, 6.07) is 0. The summed E-state index contributed by atoms with van der Waals surface area (Å²) < 4.78 is 1.92. The molecule has 1 aliphatic heterocycles. The lowest BCUT2D eigenvalue weighted by Gasteiger charge is -2.15. The van der Waals surface area contributed by atoms with Crippen LogP contribution >= 0.6 is 0 Å². The molecule has 0 radical (unpaired) electrons. The van der Waals surface area contributed by atoms with E-state index in [1.54, 1.807) is 0 Å². The van der Waals surface area contributed by atoms with Crippen molar-refractivity contribution in [2.45, 2.75) is 26.3 Å². The molecule has 1 aromatic rings. The molecular weight excluding hydrogens is 200 g/mol. The zero-order valence-electron chi connectivity index (χ0n) is 10.3. The van der Waals surface area contributed by atoms with Gasteiger partial charge in [-0.1, -0.05) is 6.92 Å². The fourth-order valence-electron chi connectivity index (χ4n) is 2.50. The normalized spacial score (nSPS) is 21.8. The number of aryl methyl sites for hydroxylation is 2. The van der Waals surface area contributed by atoms with Crippen LogP contribution in [0, 0.1) is 5.92 Å². The molecule has 2 rings (SSSR count). The molecule has 4 nitrogen and oxygen atoms in total. The van der Waals surface area contributed by atoms with Crippen molar-refractivity contribution in [3.63, 3.8) is 0 Å². The number of nitrogens with two attached hydrogens (primary N) is 1. The van der Waals surface area contributed by atoms with Gasteiger partial charge in [0.25, 0.3) is 0 Å². The lowest BCUT2D eigenvalue weighted by atomic mass is 10.1. The molecule has 16 heavy (non-hydrogen) atoms. The Morgan fingerprint density at radius 3 is 3.00 bits per heavy atom. The van der Waals surface area contributed by atoms with Crippen LogP contribution in [0.15, 0.2) is 6.20 Å². The molecule has 0 saturated carbocycles. The summed E-state index contributed by atoms with van der Waals surface area (Å²) >= 11 is 0. The molecule has 0 aromatic carbocycles. The Morgan fingerprint density at radius 1 is 1.56 bits per heavy atom. The molecule has 1 unspecified atom stereocenters. The van der Waals surface area contributed by atoms with Crippen LogP contribution in [0.5, 0.6) is 0 Å². The van der Waals surface area contributed by atoms with Gasteiger partial charge in [0.2, 0.25) is 0 Å². The van der Waals surface area contributed by atoms with Crippen LogP contribution in [0.25, 0.3) is 0 Å². The van der Waals surface area contributed by atoms with Gasteiger partial charge in [-0.25, -0.2) is 0 Å². The topological polar surface area (TPSA) is 47.1 Å². The minimum atomic E-state index is 0.696. The summed E-state index contributed by atoms with van der Waals surface area (Å²) in [4.78, 5) is 2.49. The average molecular weight is 222 g/mol. The summed E-state index contributed by atoms with van der Waals surface area (Å²) in [5.74, 6) is 0.696. The number of nitrogens with zero attached hydrogens (tertiary/aromatic N) is 3. The summed E-state index contributed by atoms with van der Waals surface area (Å²) in [5, 5.41) is 4.48. The van der Waals surface area contributed by atoms with E-state index in [1.165, 1.54) is 24.2 Å². The van der Waals surface area contributed by atoms with E-state index in [2.05, 4.69) is 23.1 Å². The fraction of sp³-hybridized carbons (Fsp3) is 0.750. The Bertz CT molecular complexity index is 345. The Kier molecular flexibility index (Phi) is 3.61. The first-order valence-electron chi connectivity index (χ1n) is 6.16. The quantitative estimate of drug-likeness (QED) is 0.818. The third kappa shape index (κ3) is 2.44. The van der Waals surface area contributed by atoms with E-state index < -0.39 is 0 Å². The lowest BCUT2D eigenvalue weighted by Crippen LogP contribution is -2.23. The number of likely N-dealkylation sites (tertiary alicyclic amines) is 1. The van der Waals surface area contributed by atoms with E-state index in [1.807, 2.05) is 11.7 Å². The molecule has 90 valence electrons. The number of hydrogen-bond acceptors (Lipinski definition) is 3. The van der Waals surface area contributed by atoms with E-state index in [0.717, 1.165) is 26.1 Å². The minimum absolute atomic E-state index is 0.696. The average Bonchev–Trinajstić information content (AvgIpc) is 2.85. The smallest absolute Gasteiger partial charge is 0.0666 e. The van der Waals surface area contributed by atoms with Crippen LogP contribution in [-0.4, -0.2) is 34.3 Å². The first-order valence-corrected chi connectivity index (χ1v) is 6.16. The summed E-state index contributed by atoms with van der Waals surface area (Å²) in [5.41, 5.74) is 8.32. The van der Waals surface area contributed by atoms with E-state index in [0.29, 0.717) is 5.92 Å². The third-order valence-corrected chi connectivity index (χ3v) is 3.42. The van der Waals surface area contributed by atoms with Gasteiger partial charge in [0.15, 0.2) is 0 Å². The van der Waals surface area contributed by atoms with Gasteiger partial charge >= 0.3 is 0 Å². The zero-order valence-corrected chi connectivity index (χ0v) is 10.3. The first-order chi connectivity index (χ1) is 7.72. The molecule has 0 aliphatic carbocycles. The second-order valence-electron chi connectivity index (χ2n) is 4.75. The van der Waals surface area contributed by atoms with Gasteiger partial charge in [-0.3, -0.25) is 9.58 Å². The van der Waals surface area contributed by atoms with Crippen LogP contribution in [0.2, 0.25) is 0 Å². The predicted octanol–water partition coefficient (Wildman–Crippen LogP) is 0.763. The largest absolute Gasteiger partial charge is 0.330 e. The van der Waals surface area contributed by atoms with Crippen molar-refractivity contribution < 1.29 is 0 Å². The maximum absolute atomic E-state index is 5.71. The lowest BCUT2D eigenvalue weighted by molar-refractivity contribution is 0.317. The third-order valence-electron chi connectivity index (χ3n) is 3.42. The highest BCUT2D eigenvalue weighted by Gasteiger charge is 2.22. The molecule has 1 atom stereocenters. The van der Waals surface area contributed by atoms with Crippen LogP contribution in [-0.2, 0) is 20.0 Å². The standard InChI is InChI=1S/C12H22N4/c1-3-12-11(8-15(2)14-12)9-16-5-4-10(6-13)7-16/h8,10H,3-7,9,13H2,1-2H3. The van der Waals surface area contributed by atoms with Crippen LogP contribution in [0.4, 0.5) is 0 Å². The maximum atomic E-state index is 5.71. The first kappa shape index (κ1) is 11.6. The second-order valence-corrected chi connectivity index (χ2v) is 4.75. The van der Waals surface area contributed by atoms with Crippen molar-refractivity contribution in [3.05, 3.63) is 17.5 Å². The van der Waals surface area contributed by atoms with Crippen LogP contribution < -0.4 is 5.73 Å². The number of aromatic nitrogens is 2. The van der Waals surface area contributed by atoms with Crippen molar-refractivity contribution in [1.82, 2.24) is 14.7 Å². The second kappa shape index (κ2) is 4.97. The molecule has 0 bridgehead atoms. The molecule has 1 saturated heterocycles. The summed E-state index contributed by atoms with van der Waals surface area (Å²) in [6.07, 6.45) is 4.41. The van der Waals surface area contributed by atoms with Gasteiger partial charge in [0, 0.05) is 31.9 Å². The van der Waals surface area contributed by atoms with Gasteiger partial charge < -0.3 is 5.73 Å². The molecule has 0 spiro atoms. The van der Waals surface area contributed by atoms with Gasteiger partial charge in [-0.2, -0.15) is 5.10 Å². The van der Waals surface area contributed by atoms with Crippen molar-refractivity contribution >= 4 is 0 Å². The highest BCUT2D eigenvalue weighted by molar-refractivity contribution is 5.17. The minimum Gasteiger partial charge on any atom is -0.330 e. The van der Waals surface area contributed by atoms with E-state index in [9.17, 15) is 0 Å². The molecule has 1 aliphatic rings. The zero-order chi connectivity index (χ0) is 11.5. The predicted molar refractivity (Wildman–Crippen MR) is 65.0 cm³/mol. The monoisotopic (exact) mass is 222 g/mol. The Balaban J connectivity index is 1.98. The highest BCUT2D eigenvalue weighted by Crippen LogP contribution is 2.19. The molecule has 1 fully saturated rings. The molecule has 2 heterocycles. The van der Waals surface area contributed by atoms with Gasteiger partial charge in [-0.05, 0) is 31.8 Å². The van der Waals surface area contributed by atoms with Gasteiger partial charge in [-0.15, -0.1) is 0 Å².